The van der Waals surface area contributed by atoms with Gasteiger partial charge in [0.2, 0.25) is 5.88 Å². The number of methoxy groups -OCH3 is 1. The van der Waals surface area contributed by atoms with Gasteiger partial charge in [0.05, 0.1) is 13.2 Å². The highest BCUT2D eigenvalue weighted by Crippen LogP contribution is 2.23. The van der Waals surface area contributed by atoms with E-state index in [1.807, 2.05) is 0 Å². The van der Waals surface area contributed by atoms with Gasteiger partial charge in [-0.15, -0.1) is 5.10 Å². The van der Waals surface area contributed by atoms with Gasteiger partial charge in [-0.25, -0.2) is 4.98 Å². The average Bonchev–Trinajstić information content (AvgIpc) is 2.56. The third-order valence-corrected chi connectivity index (χ3v) is 2.38. The Morgan fingerprint density at radius 3 is 2.87 bits per heavy atom. The molecule has 2 heterocycles. The van der Waals surface area contributed by atoms with Crippen LogP contribution in [0, 0.1) is 0 Å². The maximum atomic E-state index is 9.41. The van der Waals surface area contributed by atoms with E-state index < -0.39 is 6.10 Å². The lowest BCUT2D eigenvalue weighted by Gasteiger charge is -1.99. The molecular weight excluding hydrogens is 218 g/mol. The summed E-state index contributed by atoms with van der Waals surface area (Å²) in [6.07, 6.45) is -0.717. The van der Waals surface area contributed by atoms with Crippen molar-refractivity contribution in [2.45, 2.75) is 13.0 Å². The predicted molar refractivity (Wildman–Crippen MR) is 55.2 cm³/mol. The maximum Gasteiger partial charge on any atom is 0.231 e. The van der Waals surface area contributed by atoms with Crippen molar-refractivity contribution in [1.82, 2.24) is 14.6 Å². The minimum atomic E-state index is -0.717. The van der Waals surface area contributed by atoms with E-state index in [0.717, 1.165) is 0 Å². The van der Waals surface area contributed by atoms with E-state index in [9.17, 15) is 5.11 Å². The van der Waals surface area contributed by atoms with Crippen LogP contribution < -0.4 is 4.74 Å². The van der Waals surface area contributed by atoms with E-state index in [-0.39, 0.29) is 0 Å². The molecule has 6 heteroatoms. The van der Waals surface area contributed by atoms with Crippen molar-refractivity contribution >= 4 is 17.2 Å². The summed E-state index contributed by atoms with van der Waals surface area (Å²) in [6.45, 7) is 1.60. The van der Waals surface area contributed by atoms with Crippen LogP contribution in [0.5, 0.6) is 5.88 Å². The minimum absolute atomic E-state index is 0.305. The summed E-state index contributed by atoms with van der Waals surface area (Å²) in [5.41, 5.74) is 0.995. The molecule has 0 aliphatic carbocycles. The second-order valence-electron chi connectivity index (χ2n) is 3.11. The highest BCUT2D eigenvalue weighted by molar-refractivity contribution is 6.30. The number of aliphatic hydroxyl groups is 1. The molecule has 1 atom stereocenters. The molecule has 0 saturated carbocycles. The van der Waals surface area contributed by atoms with Gasteiger partial charge in [-0.05, 0) is 13.0 Å². The van der Waals surface area contributed by atoms with Gasteiger partial charge in [0.1, 0.15) is 5.69 Å². The van der Waals surface area contributed by atoms with Crippen molar-refractivity contribution in [2.75, 3.05) is 7.11 Å². The number of aliphatic hydroxyl groups excluding tert-OH is 1. The van der Waals surface area contributed by atoms with Gasteiger partial charge < -0.3 is 9.84 Å². The summed E-state index contributed by atoms with van der Waals surface area (Å²) in [7, 11) is 1.52. The smallest absolute Gasteiger partial charge is 0.231 e. The number of halogens is 1. The molecule has 0 amide bonds. The van der Waals surface area contributed by atoms with E-state index in [2.05, 4.69) is 10.1 Å². The SMILES string of the molecule is COc1ccc2nc(C(C)O)c(Cl)n2n1. The number of hydrogen-bond acceptors (Lipinski definition) is 4. The Kier molecular flexibility index (Phi) is 2.50. The zero-order valence-electron chi connectivity index (χ0n) is 8.31. The van der Waals surface area contributed by atoms with Crippen molar-refractivity contribution in [3.8, 4) is 5.88 Å². The molecule has 0 saturated heterocycles. The largest absolute Gasteiger partial charge is 0.480 e. The van der Waals surface area contributed by atoms with E-state index in [1.165, 1.54) is 11.6 Å². The topological polar surface area (TPSA) is 59.7 Å². The van der Waals surface area contributed by atoms with Crippen molar-refractivity contribution in [3.05, 3.63) is 23.0 Å². The highest BCUT2D eigenvalue weighted by atomic mass is 35.5. The van der Waals surface area contributed by atoms with Crippen LogP contribution in [0.1, 0.15) is 18.7 Å². The molecule has 0 aromatic carbocycles. The monoisotopic (exact) mass is 227 g/mol. The fourth-order valence-electron chi connectivity index (χ4n) is 1.28. The Bertz CT molecular complexity index is 495. The first-order valence-electron chi connectivity index (χ1n) is 4.40. The molecule has 0 bridgehead atoms. The number of fused-ring (bicyclic) bond motifs is 1. The normalized spacial score (nSPS) is 13.1. The number of imidazole rings is 1. The third-order valence-electron chi connectivity index (χ3n) is 2.03. The average molecular weight is 228 g/mol. The van der Waals surface area contributed by atoms with Gasteiger partial charge in [0, 0.05) is 6.07 Å². The van der Waals surface area contributed by atoms with Gasteiger partial charge in [0.25, 0.3) is 0 Å². The Labute approximate surface area is 91.3 Å². The van der Waals surface area contributed by atoms with Crippen LogP contribution >= 0.6 is 11.6 Å². The number of aromatic nitrogens is 3. The zero-order chi connectivity index (χ0) is 11.0. The van der Waals surface area contributed by atoms with Crippen molar-refractivity contribution in [2.24, 2.45) is 0 Å². The van der Waals surface area contributed by atoms with Crippen LogP contribution in [0.3, 0.4) is 0 Å². The third kappa shape index (κ3) is 1.64. The number of hydrogen-bond donors (Lipinski definition) is 1. The molecule has 0 aliphatic heterocycles. The molecule has 0 radical (unpaired) electrons. The molecular formula is C9H10ClN3O2. The van der Waals surface area contributed by atoms with Gasteiger partial charge in [-0.1, -0.05) is 11.6 Å². The van der Waals surface area contributed by atoms with E-state index in [1.54, 1.807) is 19.1 Å². The highest BCUT2D eigenvalue weighted by Gasteiger charge is 2.15. The second kappa shape index (κ2) is 3.67. The molecule has 5 nitrogen and oxygen atoms in total. The molecule has 0 spiro atoms. The molecule has 0 aliphatic rings. The van der Waals surface area contributed by atoms with E-state index in [0.29, 0.717) is 22.4 Å². The quantitative estimate of drug-likeness (QED) is 0.844. The van der Waals surface area contributed by atoms with Gasteiger partial charge in [0.15, 0.2) is 10.8 Å². The van der Waals surface area contributed by atoms with Crippen LogP contribution in [0.15, 0.2) is 12.1 Å². The summed E-state index contributed by atoms with van der Waals surface area (Å²) in [5, 5.41) is 13.8. The molecule has 2 aromatic heterocycles. The molecule has 1 N–H and O–H groups in total. The molecule has 1 unspecified atom stereocenters. The molecule has 80 valence electrons. The fraction of sp³-hybridized carbons (Fsp3) is 0.333. The Balaban J connectivity index is 2.66. The summed E-state index contributed by atoms with van der Waals surface area (Å²) in [6, 6.07) is 3.41. The molecule has 15 heavy (non-hydrogen) atoms. The zero-order valence-corrected chi connectivity index (χ0v) is 9.06. The summed E-state index contributed by atoms with van der Waals surface area (Å²) in [5.74, 6) is 0.443. The summed E-state index contributed by atoms with van der Waals surface area (Å²) < 4.78 is 6.40. The maximum absolute atomic E-state index is 9.41. The Morgan fingerprint density at radius 2 is 2.27 bits per heavy atom. The fourth-order valence-corrected chi connectivity index (χ4v) is 1.61. The van der Waals surface area contributed by atoms with Gasteiger partial charge in [-0.2, -0.15) is 4.52 Å². The Morgan fingerprint density at radius 1 is 1.53 bits per heavy atom. The Hall–Kier alpha value is -1.33. The molecule has 2 aromatic rings. The van der Waals surface area contributed by atoms with Crippen LogP contribution in [0.2, 0.25) is 5.15 Å². The van der Waals surface area contributed by atoms with E-state index >= 15 is 0 Å². The standard InChI is InChI=1S/C9H10ClN3O2/c1-5(14)8-9(10)13-6(11-8)3-4-7(12-13)15-2/h3-5,14H,1-2H3. The van der Waals surface area contributed by atoms with Crippen LogP contribution in [0.4, 0.5) is 0 Å². The van der Waals surface area contributed by atoms with Crippen molar-refractivity contribution < 1.29 is 9.84 Å². The first kappa shape index (κ1) is 10.2. The van der Waals surface area contributed by atoms with Gasteiger partial charge >= 0.3 is 0 Å². The lowest BCUT2D eigenvalue weighted by Crippen LogP contribution is -1.96. The van der Waals surface area contributed by atoms with Crippen molar-refractivity contribution in [3.63, 3.8) is 0 Å². The van der Waals surface area contributed by atoms with Gasteiger partial charge in [-0.3, -0.25) is 0 Å². The summed E-state index contributed by atoms with van der Waals surface area (Å²) >= 11 is 6.00. The first-order chi connectivity index (χ1) is 7.13. The first-order valence-corrected chi connectivity index (χ1v) is 4.78. The van der Waals surface area contributed by atoms with Crippen molar-refractivity contribution in [1.29, 1.82) is 0 Å². The van der Waals surface area contributed by atoms with E-state index in [4.69, 9.17) is 16.3 Å². The second-order valence-corrected chi connectivity index (χ2v) is 3.47. The molecule has 0 fully saturated rings. The van der Waals surface area contributed by atoms with Crippen LogP contribution in [0.25, 0.3) is 5.65 Å². The van der Waals surface area contributed by atoms with Crippen LogP contribution in [-0.2, 0) is 0 Å². The lowest BCUT2D eigenvalue weighted by molar-refractivity contribution is 0.195. The number of rotatable bonds is 2. The number of nitrogens with zero attached hydrogens (tertiary/aromatic N) is 3. The lowest BCUT2D eigenvalue weighted by atomic mass is 10.3. The minimum Gasteiger partial charge on any atom is -0.480 e. The predicted octanol–water partition coefficient (Wildman–Crippen LogP) is 1.44. The summed E-state index contributed by atoms with van der Waals surface area (Å²) in [4.78, 5) is 4.15. The number of ether oxygens (including phenoxy) is 1. The van der Waals surface area contributed by atoms with Crippen LogP contribution in [-0.4, -0.2) is 26.8 Å². The molecule has 2 rings (SSSR count).